The molecule has 1 aromatic heterocycles. The number of nitrogen functional groups attached to an aromatic ring is 1. The molecule has 0 spiro atoms. The smallest absolute Gasteiger partial charge is 0.226 e. The molecule has 1 amide bonds. The van der Waals surface area contributed by atoms with E-state index in [4.69, 9.17) is 5.73 Å². The van der Waals surface area contributed by atoms with E-state index in [1.807, 2.05) is 5.38 Å². The average Bonchev–Trinajstić information content (AvgIpc) is 2.65. The molecule has 0 radical (unpaired) electrons. The number of hydrogen-bond acceptors (Lipinski definition) is 4. The fourth-order valence-corrected chi connectivity index (χ4v) is 2.33. The molecule has 5 heteroatoms. The largest absolute Gasteiger partial charge is 0.375 e. The van der Waals surface area contributed by atoms with Gasteiger partial charge in [-0.25, -0.2) is 4.98 Å². The standard InChI is InChI=1S/C11H15N3OS/c12-11-14-9(7-16-11)6-10(15)13-8-4-2-1-3-5-8/h1-2,7-8H,3-6H2,(H2,12,14)(H,13,15). The van der Waals surface area contributed by atoms with Crippen molar-refractivity contribution in [3.63, 3.8) is 0 Å². The van der Waals surface area contributed by atoms with Gasteiger partial charge in [-0.3, -0.25) is 4.79 Å². The number of anilines is 1. The molecular weight excluding hydrogens is 222 g/mol. The van der Waals surface area contributed by atoms with E-state index in [0.29, 0.717) is 11.6 Å². The van der Waals surface area contributed by atoms with Crippen molar-refractivity contribution in [3.8, 4) is 0 Å². The maximum atomic E-state index is 11.7. The predicted octanol–water partition coefficient (Wildman–Crippen LogP) is 1.49. The minimum absolute atomic E-state index is 0.0330. The van der Waals surface area contributed by atoms with Gasteiger partial charge < -0.3 is 11.1 Å². The lowest BCUT2D eigenvalue weighted by Gasteiger charge is -2.18. The van der Waals surface area contributed by atoms with Crippen LogP contribution in [0.1, 0.15) is 25.0 Å². The van der Waals surface area contributed by atoms with Crippen LogP contribution in [-0.4, -0.2) is 16.9 Å². The Morgan fingerprint density at radius 1 is 1.62 bits per heavy atom. The van der Waals surface area contributed by atoms with E-state index in [2.05, 4.69) is 22.5 Å². The van der Waals surface area contributed by atoms with Gasteiger partial charge in [-0.1, -0.05) is 12.2 Å². The van der Waals surface area contributed by atoms with Gasteiger partial charge in [0.05, 0.1) is 12.1 Å². The molecule has 0 aromatic carbocycles. The Balaban J connectivity index is 1.82. The molecule has 2 rings (SSSR count). The summed E-state index contributed by atoms with van der Waals surface area (Å²) >= 11 is 1.37. The van der Waals surface area contributed by atoms with Crippen molar-refractivity contribution in [2.75, 3.05) is 5.73 Å². The molecule has 1 unspecified atom stereocenters. The summed E-state index contributed by atoms with van der Waals surface area (Å²) in [6, 6.07) is 0.286. The van der Waals surface area contributed by atoms with Gasteiger partial charge in [-0.15, -0.1) is 11.3 Å². The highest BCUT2D eigenvalue weighted by atomic mass is 32.1. The Morgan fingerprint density at radius 2 is 2.50 bits per heavy atom. The van der Waals surface area contributed by atoms with Gasteiger partial charge in [-0.2, -0.15) is 0 Å². The van der Waals surface area contributed by atoms with Crippen molar-refractivity contribution in [1.82, 2.24) is 10.3 Å². The fourth-order valence-electron chi connectivity index (χ4n) is 1.77. The lowest BCUT2D eigenvalue weighted by Crippen LogP contribution is -2.36. The third-order valence-electron chi connectivity index (χ3n) is 2.55. The number of thiazole rings is 1. The predicted molar refractivity (Wildman–Crippen MR) is 65.2 cm³/mol. The van der Waals surface area contributed by atoms with Crippen molar-refractivity contribution in [2.45, 2.75) is 31.7 Å². The molecule has 1 heterocycles. The minimum Gasteiger partial charge on any atom is -0.375 e. The maximum absolute atomic E-state index is 11.7. The van der Waals surface area contributed by atoms with Crippen LogP contribution in [0, 0.1) is 0 Å². The van der Waals surface area contributed by atoms with E-state index >= 15 is 0 Å². The van der Waals surface area contributed by atoms with Crippen LogP contribution < -0.4 is 11.1 Å². The van der Waals surface area contributed by atoms with Gasteiger partial charge >= 0.3 is 0 Å². The van der Waals surface area contributed by atoms with Gasteiger partial charge in [-0.05, 0) is 19.3 Å². The number of carbonyl (C=O) groups is 1. The van der Waals surface area contributed by atoms with Crippen molar-refractivity contribution in [1.29, 1.82) is 0 Å². The molecular formula is C11H15N3OS. The van der Waals surface area contributed by atoms with E-state index in [9.17, 15) is 4.79 Å². The first-order chi connectivity index (χ1) is 7.74. The maximum Gasteiger partial charge on any atom is 0.226 e. The van der Waals surface area contributed by atoms with Crippen LogP contribution in [0.15, 0.2) is 17.5 Å². The average molecular weight is 237 g/mol. The molecule has 1 atom stereocenters. The zero-order valence-corrected chi connectivity index (χ0v) is 9.80. The van der Waals surface area contributed by atoms with Gasteiger partial charge in [0.1, 0.15) is 0 Å². The van der Waals surface area contributed by atoms with Gasteiger partial charge in [0.25, 0.3) is 0 Å². The number of rotatable bonds is 3. The Hall–Kier alpha value is -1.36. The molecule has 0 saturated heterocycles. The Labute approximate surface area is 98.6 Å². The lowest BCUT2D eigenvalue weighted by atomic mass is 10.0. The van der Waals surface area contributed by atoms with E-state index in [-0.39, 0.29) is 11.9 Å². The summed E-state index contributed by atoms with van der Waals surface area (Å²) < 4.78 is 0. The topological polar surface area (TPSA) is 68.0 Å². The van der Waals surface area contributed by atoms with Crippen LogP contribution in [0.25, 0.3) is 0 Å². The Morgan fingerprint density at radius 3 is 3.12 bits per heavy atom. The summed E-state index contributed by atoms with van der Waals surface area (Å²) in [6.45, 7) is 0. The van der Waals surface area contributed by atoms with Crippen molar-refractivity contribution >= 4 is 22.4 Å². The van der Waals surface area contributed by atoms with Crippen LogP contribution >= 0.6 is 11.3 Å². The molecule has 86 valence electrons. The lowest BCUT2D eigenvalue weighted by molar-refractivity contribution is -0.121. The molecule has 3 N–H and O–H groups in total. The van der Waals surface area contributed by atoms with Crippen molar-refractivity contribution in [2.24, 2.45) is 0 Å². The molecule has 0 aliphatic heterocycles. The number of carbonyl (C=O) groups excluding carboxylic acids is 1. The van der Waals surface area contributed by atoms with E-state index < -0.39 is 0 Å². The first-order valence-electron chi connectivity index (χ1n) is 5.38. The molecule has 1 aliphatic carbocycles. The van der Waals surface area contributed by atoms with Crippen LogP contribution in [0.3, 0.4) is 0 Å². The first-order valence-corrected chi connectivity index (χ1v) is 6.26. The zero-order valence-electron chi connectivity index (χ0n) is 8.98. The number of amides is 1. The van der Waals surface area contributed by atoms with E-state index in [0.717, 1.165) is 25.0 Å². The van der Waals surface area contributed by atoms with Gasteiger partial charge in [0.15, 0.2) is 5.13 Å². The monoisotopic (exact) mass is 237 g/mol. The summed E-state index contributed by atoms with van der Waals surface area (Å²) in [5.74, 6) is 0.0330. The van der Waals surface area contributed by atoms with Crippen LogP contribution in [-0.2, 0) is 11.2 Å². The number of nitrogens with one attached hydrogen (secondary N) is 1. The minimum atomic E-state index is 0.0330. The summed E-state index contributed by atoms with van der Waals surface area (Å²) in [6.07, 6.45) is 7.62. The SMILES string of the molecule is Nc1nc(CC(=O)NC2CC=CCC2)cs1. The number of allylic oxidation sites excluding steroid dienone is 1. The molecule has 1 aliphatic rings. The number of hydrogen-bond donors (Lipinski definition) is 2. The molecule has 0 saturated carbocycles. The summed E-state index contributed by atoms with van der Waals surface area (Å²) in [5.41, 5.74) is 6.26. The second-order valence-corrected chi connectivity index (χ2v) is 4.79. The summed E-state index contributed by atoms with van der Waals surface area (Å²) in [7, 11) is 0. The highest BCUT2D eigenvalue weighted by Gasteiger charge is 2.13. The third-order valence-corrected chi connectivity index (χ3v) is 3.27. The zero-order chi connectivity index (χ0) is 11.4. The molecule has 0 bridgehead atoms. The first kappa shape index (κ1) is 11.1. The highest BCUT2D eigenvalue weighted by Crippen LogP contribution is 2.13. The molecule has 4 nitrogen and oxygen atoms in total. The number of nitrogens with zero attached hydrogens (tertiary/aromatic N) is 1. The summed E-state index contributed by atoms with van der Waals surface area (Å²) in [5, 5.41) is 5.36. The number of nitrogens with two attached hydrogens (primary N) is 1. The summed E-state index contributed by atoms with van der Waals surface area (Å²) in [4.78, 5) is 15.7. The Kier molecular flexibility index (Phi) is 3.56. The van der Waals surface area contributed by atoms with Crippen LogP contribution in [0.4, 0.5) is 5.13 Å². The van der Waals surface area contributed by atoms with Crippen molar-refractivity contribution < 1.29 is 4.79 Å². The fraction of sp³-hybridized carbons (Fsp3) is 0.455. The second-order valence-electron chi connectivity index (χ2n) is 3.90. The van der Waals surface area contributed by atoms with E-state index in [1.165, 1.54) is 11.3 Å². The van der Waals surface area contributed by atoms with Crippen molar-refractivity contribution in [3.05, 3.63) is 23.2 Å². The van der Waals surface area contributed by atoms with E-state index in [1.54, 1.807) is 0 Å². The quantitative estimate of drug-likeness (QED) is 0.783. The number of aromatic nitrogens is 1. The van der Waals surface area contributed by atoms with Crippen LogP contribution in [0.5, 0.6) is 0 Å². The molecule has 0 fully saturated rings. The second kappa shape index (κ2) is 5.12. The molecule has 16 heavy (non-hydrogen) atoms. The molecule has 1 aromatic rings. The highest BCUT2D eigenvalue weighted by molar-refractivity contribution is 7.13. The van der Waals surface area contributed by atoms with Crippen LogP contribution in [0.2, 0.25) is 0 Å². The third kappa shape index (κ3) is 3.06. The van der Waals surface area contributed by atoms with Gasteiger partial charge in [0.2, 0.25) is 5.91 Å². The normalized spacial score (nSPS) is 19.6. The Bertz CT molecular complexity index is 400. The van der Waals surface area contributed by atoms with Gasteiger partial charge in [0, 0.05) is 11.4 Å².